The Morgan fingerprint density at radius 1 is 1.21 bits per heavy atom. The number of benzene rings is 1. The number of nitrogens with two attached hydrogens (primary N) is 1. The highest BCUT2D eigenvalue weighted by Crippen LogP contribution is 2.47. The first-order valence-corrected chi connectivity index (χ1v) is 7.49. The molecule has 1 aliphatic heterocycles. The van der Waals surface area contributed by atoms with E-state index >= 15 is 0 Å². The lowest BCUT2D eigenvalue weighted by molar-refractivity contribution is 0.149. The molecule has 1 unspecified atom stereocenters. The fraction of sp³-hybridized carbons (Fsp3) is 0.562. The van der Waals surface area contributed by atoms with E-state index in [9.17, 15) is 0 Å². The van der Waals surface area contributed by atoms with E-state index in [2.05, 4.69) is 34.2 Å². The molecule has 1 heterocycles. The fourth-order valence-corrected chi connectivity index (χ4v) is 4.37. The summed E-state index contributed by atoms with van der Waals surface area (Å²) in [5.74, 6) is 0.781. The summed E-state index contributed by atoms with van der Waals surface area (Å²) < 4.78 is 0. The fourth-order valence-electron chi connectivity index (χ4n) is 4.37. The van der Waals surface area contributed by atoms with Crippen molar-refractivity contribution in [2.75, 3.05) is 6.54 Å². The topological polar surface area (TPSA) is 41.6 Å². The van der Waals surface area contributed by atoms with Crippen LogP contribution in [0.5, 0.6) is 0 Å². The second-order valence-electron chi connectivity index (χ2n) is 6.17. The van der Waals surface area contributed by atoms with Crippen molar-refractivity contribution in [3.05, 3.63) is 35.4 Å². The van der Waals surface area contributed by atoms with Gasteiger partial charge in [0.2, 0.25) is 0 Å². The average Bonchev–Trinajstić information content (AvgIpc) is 3.12. The predicted molar refractivity (Wildman–Crippen MR) is 77.0 cm³/mol. The highest BCUT2D eigenvalue weighted by molar-refractivity contribution is 5.82. The minimum atomic E-state index is 0.0791. The van der Waals surface area contributed by atoms with E-state index < -0.39 is 0 Å². The Kier molecular flexibility index (Phi) is 2.38. The van der Waals surface area contributed by atoms with Crippen molar-refractivity contribution in [3.63, 3.8) is 0 Å². The zero-order valence-electron chi connectivity index (χ0n) is 11.3. The smallest absolute Gasteiger partial charge is 0.192 e. The Hall–Kier alpha value is -1.51. The quantitative estimate of drug-likeness (QED) is 0.837. The molecule has 4 rings (SSSR count). The molecule has 1 atom stereocenters. The number of nitrogens with zero attached hydrogens (tertiary/aromatic N) is 2. The van der Waals surface area contributed by atoms with Gasteiger partial charge in [0.25, 0.3) is 0 Å². The Bertz CT molecular complexity index is 531. The molecule has 0 bridgehead atoms. The van der Waals surface area contributed by atoms with Crippen molar-refractivity contribution >= 4 is 5.96 Å². The molecule has 1 spiro atoms. The van der Waals surface area contributed by atoms with Gasteiger partial charge in [-0.2, -0.15) is 0 Å². The first-order chi connectivity index (χ1) is 9.31. The third kappa shape index (κ3) is 1.47. The highest BCUT2D eigenvalue weighted by atomic mass is 15.4. The van der Waals surface area contributed by atoms with Gasteiger partial charge >= 0.3 is 0 Å². The van der Waals surface area contributed by atoms with Crippen LogP contribution < -0.4 is 5.73 Å². The summed E-state index contributed by atoms with van der Waals surface area (Å²) in [5, 5.41) is 0. The molecule has 0 radical (unpaired) electrons. The van der Waals surface area contributed by atoms with Crippen molar-refractivity contribution in [2.45, 2.75) is 50.1 Å². The van der Waals surface area contributed by atoms with Gasteiger partial charge in [-0.3, -0.25) is 4.99 Å². The summed E-state index contributed by atoms with van der Waals surface area (Å²) in [7, 11) is 0. The van der Waals surface area contributed by atoms with Crippen LogP contribution >= 0.6 is 0 Å². The van der Waals surface area contributed by atoms with Crippen LogP contribution in [-0.2, 0) is 12.0 Å². The Morgan fingerprint density at radius 3 is 2.84 bits per heavy atom. The summed E-state index contributed by atoms with van der Waals surface area (Å²) in [5.41, 5.74) is 9.30. The van der Waals surface area contributed by atoms with E-state index in [4.69, 9.17) is 5.73 Å². The van der Waals surface area contributed by atoms with Crippen LogP contribution in [0.4, 0.5) is 0 Å². The summed E-state index contributed by atoms with van der Waals surface area (Å²) in [6.07, 6.45) is 7.58. The predicted octanol–water partition coefficient (Wildman–Crippen LogP) is 2.40. The summed E-state index contributed by atoms with van der Waals surface area (Å²) in [6.45, 7) is 0.854. The second-order valence-corrected chi connectivity index (χ2v) is 6.17. The van der Waals surface area contributed by atoms with Crippen molar-refractivity contribution in [1.82, 2.24) is 4.90 Å². The highest BCUT2D eigenvalue weighted by Gasteiger charge is 2.50. The number of aryl methyl sites for hydroxylation is 1. The van der Waals surface area contributed by atoms with Crippen molar-refractivity contribution in [2.24, 2.45) is 10.7 Å². The molecule has 1 fully saturated rings. The van der Waals surface area contributed by atoms with E-state index in [0.29, 0.717) is 6.04 Å². The molecule has 100 valence electrons. The maximum atomic E-state index is 6.25. The molecule has 3 nitrogen and oxygen atoms in total. The minimum Gasteiger partial charge on any atom is -0.370 e. The first kappa shape index (κ1) is 11.3. The SMILES string of the molecule is NC1=NCC2(CCc3ccccc32)N1C1CCCC1. The monoisotopic (exact) mass is 255 g/mol. The molecule has 0 amide bonds. The van der Waals surface area contributed by atoms with Gasteiger partial charge in [-0.25, -0.2) is 0 Å². The van der Waals surface area contributed by atoms with E-state index in [-0.39, 0.29) is 5.54 Å². The molecular weight excluding hydrogens is 234 g/mol. The van der Waals surface area contributed by atoms with Gasteiger partial charge in [0.05, 0.1) is 12.1 Å². The Labute approximate surface area is 114 Å². The zero-order valence-corrected chi connectivity index (χ0v) is 11.3. The number of fused-ring (bicyclic) bond motifs is 2. The lowest BCUT2D eigenvalue weighted by Gasteiger charge is -2.41. The van der Waals surface area contributed by atoms with Crippen molar-refractivity contribution < 1.29 is 0 Å². The number of guanidine groups is 1. The zero-order chi connectivity index (χ0) is 12.9. The largest absolute Gasteiger partial charge is 0.370 e. The molecule has 1 saturated carbocycles. The summed E-state index contributed by atoms with van der Waals surface area (Å²) >= 11 is 0. The van der Waals surface area contributed by atoms with Crippen LogP contribution in [0, 0.1) is 0 Å². The third-order valence-electron chi connectivity index (χ3n) is 5.23. The Balaban J connectivity index is 1.78. The molecule has 2 aliphatic carbocycles. The van der Waals surface area contributed by atoms with Gasteiger partial charge in [0, 0.05) is 6.04 Å². The lowest BCUT2D eigenvalue weighted by Crippen LogP contribution is -2.52. The molecule has 19 heavy (non-hydrogen) atoms. The van der Waals surface area contributed by atoms with Gasteiger partial charge in [-0.15, -0.1) is 0 Å². The normalized spacial score (nSPS) is 30.1. The maximum Gasteiger partial charge on any atom is 0.192 e. The van der Waals surface area contributed by atoms with Gasteiger partial charge in [0.15, 0.2) is 5.96 Å². The first-order valence-electron chi connectivity index (χ1n) is 7.49. The number of hydrogen-bond donors (Lipinski definition) is 1. The van der Waals surface area contributed by atoms with E-state index in [1.165, 1.54) is 49.7 Å². The van der Waals surface area contributed by atoms with E-state index in [0.717, 1.165) is 12.5 Å². The molecule has 1 aromatic rings. The third-order valence-corrected chi connectivity index (χ3v) is 5.23. The van der Waals surface area contributed by atoms with Gasteiger partial charge in [0.1, 0.15) is 0 Å². The molecule has 0 aromatic heterocycles. The maximum absolute atomic E-state index is 6.25. The van der Waals surface area contributed by atoms with Crippen LogP contribution in [0.3, 0.4) is 0 Å². The lowest BCUT2D eigenvalue weighted by atomic mass is 9.89. The summed E-state index contributed by atoms with van der Waals surface area (Å²) in [4.78, 5) is 7.09. The Morgan fingerprint density at radius 2 is 2.00 bits per heavy atom. The van der Waals surface area contributed by atoms with Crippen LogP contribution in [0.2, 0.25) is 0 Å². The van der Waals surface area contributed by atoms with Crippen LogP contribution in [0.1, 0.15) is 43.2 Å². The molecule has 1 aromatic carbocycles. The molecule has 0 saturated heterocycles. The minimum absolute atomic E-state index is 0.0791. The second kappa shape index (κ2) is 3.99. The molecule has 3 heteroatoms. The van der Waals surface area contributed by atoms with Gasteiger partial charge in [-0.05, 0) is 36.8 Å². The molecule has 2 N–H and O–H groups in total. The standard InChI is InChI=1S/C16H21N3/c17-15-18-11-16(19(15)13-6-2-3-7-13)10-9-12-5-1-4-8-14(12)16/h1,4-5,8,13H,2-3,6-7,9-11H2,(H2,17,18). The molecular formula is C16H21N3. The van der Waals surface area contributed by atoms with Crippen LogP contribution in [0.25, 0.3) is 0 Å². The number of hydrogen-bond acceptors (Lipinski definition) is 3. The number of rotatable bonds is 1. The van der Waals surface area contributed by atoms with E-state index in [1.807, 2.05) is 0 Å². The van der Waals surface area contributed by atoms with Gasteiger partial charge < -0.3 is 10.6 Å². The molecule has 3 aliphatic rings. The van der Waals surface area contributed by atoms with E-state index in [1.54, 1.807) is 0 Å². The van der Waals surface area contributed by atoms with Gasteiger partial charge in [-0.1, -0.05) is 37.1 Å². The van der Waals surface area contributed by atoms with Crippen molar-refractivity contribution in [3.8, 4) is 0 Å². The van der Waals surface area contributed by atoms with Crippen LogP contribution in [-0.4, -0.2) is 23.4 Å². The van der Waals surface area contributed by atoms with Crippen molar-refractivity contribution in [1.29, 1.82) is 0 Å². The average molecular weight is 255 g/mol. The number of aliphatic imine (C=N–C) groups is 1. The van der Waals surface area contributed by atoms with Crippen LogP contribution in [0.15, 0.2) is 29.3 Å². The summed E-state index contributed by atoms with van der Waals surface area (Å²) in [6, 6.07) is 9.48.